The van der Waals surface area contributed by atoms with E-state index in [0.717, 1.165) is 5.56 Å². The van der Waals surface area contributed by atoms with Gasteiger partial charge in [-0.15, -0.1) is 0 Å². The Morgan fingerprint density at radius 2 is 1.89 bits per heavy atom. The largest absolute Gasteiger partial charge is 0.485 e. The van der Waals surface area contributed by atoms with Crippen LogP contribution in [0.5, 0.6) is 5.75 Å². The number of para-hydroxylation sites is 1. The summed E-state index contributed by atoms with van der Waals surface area (Å²) in [6.07, 6.45) is 0. The lowest BCUT2D eigenvalue weighted by Crippen LogP contribution is -2.12. The Morgan fingerprint density at radius 3 is 2.61 bits per heavy atom. The van der Waals surface area contributed by atoms with E-state index in [0.29, 0.717) is 16.3 Å². The summed E-state index contributed by atoms with van der Waals surface area (Å²) >= 11 is 5.89. The van der Waals surface area contributed by atoms with Gasteiger partial charge in [0.1, 0.15) is 5.75 Å². The van der Waals surface area contributed by atoms with Crippen LogP contribution in [0.3, 0.4) is 0 Å². The Kier molecular flexibility index (Phi) is 4.00. The van der Waals surface area contributed by atoms with Crippen LogP contribution in [0.15, 0.2) is 48.5 Å². The van der Waals surface area contributed by atoms with Gasteiger partial charge in [-0.25, -0.2) is 0 Å². The van der Waals surface area contributed by atoms with E-state index >= 15 is 0 Å². The number of ketones is 1. The molecule has 0 unspecified atom stereocenters. The molecule has 2 rings (SSSR count). The van der Waals surface area contributed by atoms with Crippen LogP contribution in [0.1, 0.15) is 15.9 Å². The summed E-state index contributed by atoms with van der Waals surface area (Å²) < 4.78 is 5.42. The Bertz CT molecular complexity index is 550. The third-order valence-corrected chi connectivity index (χ3v) is 2.85. The molecule has 0 aliphatic rings. The van der Waals surface area contributed by atoms with Gasteiger partial charge in [0, 0.05) is 10.6 Å². The van der Waals surface area contributed by atoms with Gasteiger partial charge in [-0.2, -0.15) is 0 Å². The van der Waals surface area contributed by atoms with E-state index in [1.807, 2.05) is 43.3 Å². The van der Waals surface area contributed by atoms with Crippen molar-refractivity contribution in [3.8, 4) is 5.75 Å². The molecule has 0 aromatic heterocycles. The lowest BCUT2D eigenvalue weighted by molar-refractivity contribution is 0.0921. The number of hydrogen-bond acceptors (Lipinski definition) is 2. The average Bonchev–Trinajstić information content (AvgIpc) is 2.40. The Balaban J connectivity index is 2.06. The molecule has 3 heteroatoms. The van der Waals surface area contributed by atoms with Crippen LogP contribution in [-0.4, -0.2) is 12.4 Å². The second-order valence-electron chi connectivity index (χ2n) is 3.98. The van der Waals surface area contributed by atoms with Crippen molar-refractivity contribution in [2.75, 3.05) is 6.61 Å². The molecule has 92 valence electrons. The minimum absolute atomic E-state index is 0.0190. The standard InChI is InChI=1S/C15H13ClO2/c1-11-7-8-12(16)9-14(11)15(17)10-18-13-5-3-2-4-6-13/h2-9H,10H2,1H3. The zero-order valence-corrected chi connectivity index (χ0v) is 10.8. The topological polar surface area (TPSA) is 26.3 Å². The van der Waals surface area contributed by atoms with Crippen molar-refractivity contribution >= 4 is 17.4 Å². The van der Waals surface area contributed by atoms with Crippen LogP contribution in [0.4, 0.5) is 0 Å². The molecule has 0 fully saturated rings. The molecule has 0 heterocycles. The van der Waals surface area contributed by atoms with E-state index in [1.54, 1.807) is 12.1 Å². The number of halogens is 1. The molecule has 0 bridgehead atoms. The predicted molar refractivity (Wildman–Crippen MR) is 72.5 cm³/mol. The molecular weight excluding hydrogens is 248 g/mol. The fourth-order valence-corrected chi connectivity index (χ4v) is 1.81. The van der Waals surface area contributed by atoms with Crippen LogP contribution >= 0.6 is 11.6 Å². The van der Waals surface area contributed by atoms with Gasteiger partial charge in [-0.1, -0.05) is 35.9 Å². The van der Waals surface area contributed by atoms with Crippen molar-refractivity contribution in [3.05, 3.63) is 64.7 Å². The number of hydrogen-bond donors (Lipinski definition) is 0. The fourth-order valence-electron chi connectivity index (χ4n) is 1.64. The molecule has 18 heavy (non-hydrogen) atoms. The summed E-state index contributed by atoms with van der Waals surface area (Å²) in [5.74, 6) is 0.615. The summed E-state index contributed by atoms with van der Waals surface area (Å²) in [4.78, 5) is 12.0. The molecule has 2 aromatic carbocycles. The first-order chi connectivity index (χ1) is 8.66. The van der Waals surface area contributed by atoms with Crippen molar-refractivity contribution < 1.29 is 9.53 Å². The van der Waals surface area contributed by atoms with Crippen LogP contribution in [0, 0.1) is 6.92 Å². The number of aryl methyl sites for hydroxylation is 1. The number of carbonyl (C=O) groups excluding carboxylic acids is 1. The second kappa shape index (κ2) is 5.69. The maximum atomic E-state index is 12.0. The zero-order valence-electron chi connectivity index (χ0n) is 10.0. The molecule has 0 saturated heterocycles. The predicted octanol–water partition coefficient (Wildman–Crippen LogP) is 3.91. The van der Waals surface area contributed by atoms with Crippen LogP contribution in [-0.2, 0) is 0 Å². The third kappa shape index (κ3) is 3.11. The minimum atomic E-state index is -0.0705. The van der Waals surface area contributed by atoms with Gasteiger partial charge in [0.15, 0.2) is 6.61 Å². The van der Waals surface area contributed by atoms with Crippen molar-refractivity contribution in [2.45, 2.75) is 6.92 Å². The first kappa shape index (κ1) is 12.7. The highest BCUT2D eigenvalue weighted by Crippen LogP contribution is 2.16. The quantitative estimate of drug-likeness (QED) is 0.779. The smallest absolute Gasteiger partial charge is 0.200 e. The monoisotopic (exact) mass is 260 g/mol. The molecule has 0 spiro atoms. The van der Waals surface area contributed by atoms with E-state index < -0.39 is 0 Å². The van der Waals surface area contributed by atoms with Crippen molar-refractivity contribution in [1.82, 2.24) is 0 Å². The number of rotatable bonds is 4. The Morgan fingerprint density at radius 1 is 1.17 bits per heavy atom. The van der Waals surface area contributed by atoms with Crippen LogP contribution in [0.25, 0.3) is 0 Å². The normalized spacial score (nSPS) is 10.1. The van der Waals surface area contributed by atoms with Gasteiger partial charge >= 0.3 is 0 Å². The Labute approximate surface area is 111 Å². The summed E-state index contributed by atoms with van der Waals surface area (Å²) in [5.41, 5.74) is 1.51. The number of benzene rings is 2. The van der Waals surface area contributed by atoms with Gasteiger partial charge in [0.25, 0.3) is 0 Å². The maximum absolute atomic E-state index is 12.0. The lowest BCUT2D eigenvalue weighted by Gasteiger charge is -2.07. The van der Waals surface area contributed by atoms with E-state index in [-0.39, 0.29) is 12.4 Å². The van der Waals surface area contributed by atoms with Crippen LogP contribution < -0.4 is 4.74 Å². The van der Waals surface area contributed by atoms with Crippen molar-refractivity contribution in [2.24, 2.45) is 0 Å². The molecule has 0 atom stereocenters. The molecule has 0 N–H and O–H groups in total. The fraction of sp³-hybridized carbons (Fsp3) is 0.133. The van der Waals surface area contributed by atoms with E-state index in [9.17, 15) is 4.79 Å². The van der Waals surface area contributed by atoms with E-state index in [1.165, 1.54) is 0 Å². The highest BCUT2D eigenvalue weighted by molar-refractivity contribution is 6.31. The van der Waals surface area contributed by atoms with Crippen molar-refractivity contribution in [1.29, 1.82) is 0 Å². The minimum Gasteiger partial charge on any atom is -0.485 e. The van der Waals surface area contributed by atoms with E-state index in [4.69, 9.17) is 16.3 Å². The molecule has 0 saturated carbocycles. The van der Waals surface area contributed by atoms with Gasteiger partial charge in [-0.05, 0) is 36.8 Å². The zero-order chi connectivity index (χ0) is 13.0. The summed E-state index contributed by atoms with van der Waals surface area (Å²) in [5, 5.41) is 0.559. The molecule has 0 aliphatic heterocycles. The average molecular weight is 261 g/mol. The molecule has 0 radical (unpaired) electrons. The van der Waals surface area contributed by atoms with Gasteiger partial charge in [-0.3, -0.25) is 4.79 Å². The molecule has 0 amide bonds. The third-order valence-electron chi connectivity index (χ3n) is 2.61. The highest BCUT2D eigenvalue weighted by atomic mass is 35.5. The second-order valence-corrected chi connectivity index (χ2v) is 4.42. The van der Waals surface area contributed by atoms with E-state index in [2.05, 4.69) is 0 Å². The first-order valence-electron chi connectivity index (χ1n) is 5.64. The number of carbonyl (C=O) groups is 1. The van der Waals surface area contributed by atoms with Gasteiger partial charge in [0.05, 0.1) is 0 Å². The summed E-state index contributed by atoms with van der Waals surface area (Å²) in [6.45, 7) is 1.90. The van der Waals surface area contributed by atoms with Crippen molar-refractivity contribution in [3.63, 3.8) is 0 Å². The van der Waals surface area contributed by atoms with Crippen LogP contribution in [0.2, 0.25) is 5.02 Å². The maximum Gasteiger partial charge on any atom is 0.200 e. The van der Waals surface area contributed by atoms with Gasteiger partial charge in [0.2, 0.25) is 5.78 Å². The first-order valence-corrected chi connectivity index (χ1v) is 6.02. The molecule has 0 aliphatic carbocycles. The molecule has 2 nitrogen and oxygen atoms in total. The Hall–Kier alpha value is -1.80. The number of ether oxygens (including phenoxy) is 1. The summed E-state index contributed by atoms with van der Waals surface area (Å²) in [6, 6.07) is 14.5. The van der Waals surface area contributed by atoms with Gasteiger partial charge < -0.3 is 4.74 Å². The number of Topliss-reactive ketones (excluding diaryl/α,β-unsaturated/α-hetero) is 1. The summed E-state index contributed by atoms with van der Waals surface area (Å²) in [7, 11) is 0. The molecule has 2 aromatic rings. The SMILES string of the molecule is Cc1ccc(Cl)cc1C(=O)COc1ccccc1. The molecular formula is C15H13ClO2. The highest BCUT2D eigenvalue weighted by Gasteiger charge is 2.10. The lowest BCUT2D eigenvalue weighted by atomic mass is 10.1.